The topological polar surface area (TPSA) is 26.3 Å². The van der Waals surface area contributed by atoms with Gasteiger partial charge in [0.1, 0.15) is 5.75 Å². The number of esters is 1. The Hall–Kier alpha value is -2.06. The third-order valence-electron chi connectivity index (χ3n) is 2.50. The van der Waals surface area contributed by atoms with E-state index in [1.165, 1.54) is 11.6 Å². The molecular weight excluding hydrogens is 260 g/mol. The second-order valence-corrected chi connectivity index (χ2v) is 4.56. The Morgan fingerprint density at radius 3 is 2.58 bits per heavy atom. The van der Waals surface area contributed by atoms with Gasteiger partial charge in [-0.25, -0.2) is 4.79 Å². The van der Waals surface area contributed by atoms with Gasteiger partial charge in [-0.1, -0.05) is 47.5 Å². The lowest BCUT2D eigenvalue weighted by Gasteiger charge is -2.01. The first-order valence-electron chi connectivity index (χ1n) is 5.85. The molecule has 0 heterocycles. The third kappa shape index (κ3) is 4.27. The summed E-state index contributed by atoms with van der Waals surface area (Å²) in [5.41, 5.74) is 2.13. The molecule has 0 amide bonds. The lowest BCUT2D eigenvalue weighted by molar-refractivity contribution is -0.128. The Morgan fingerprint density at radius 1 is 1.16 bits per heavy atom. The van der Waals surface area contributed by atoms with Gasteiger partial charge in [0.15, 0.2) is 0 Å². The predicted molar refractivity (Wildman–Crippen MR) is 77.3 cm³/mol. The Bertz CT molecular complexity index is 600. The van der Waals surface area contributed by atoms with Crippen LogP contribution in [0, 0.1) is 6.92 Å². The van der Waals surface area contributed by atoms with Gasteiger partial charge in [-0.2, -0.15) is 0 Å². The summed E-state index contributed by atoms with van der Waals surface area (Å²) in [4.78, 5) is 11.6. The highest BCUT2D eigenvalue weighted by atomic mass is 35.5. The van der Waals surface area contributed by atoms with Gasteiger partial charge in [0.2, 0.25) is 0 Å². The van der Waals surface area contributed by atoms with Crippen molar-refractivity contribution in [3.8, 4) is 5.75 Å². The van der Waals surface area contributed by atoms with Crippen molar-refractivity contribution in [3.63, 3.8) is 0 Å². The van der Waals surface area contributed by atoms with Gasteiger partial charge in [0.25, 0.3) is 0 Å². The summed E-state index contributed by atoms with van der Waals surface area (Å²) in [6, 6.07) is 14.6. The number of hydrogen-bond acceptors (Lipinski definition) is 2. The molecule has 0 unspecified atom stereocenters. The van der Waals surface area contributed by atoms with Gasteiger partial charge >= 0.3 is 5.97 Å². The highest BCUT2D eigenvalue weighted by Gasteiger charge is 2.00. The molecule has 0 aliphatic rings. The SMILES string of the molecule is Cc1ccc(/C=C/C(=O)Oc2cccc(Cl)c2)cc1. The molecular formula is C16H13ClO2. The second-order valence-electron chi connectivity index (χ2n) is 4.12. The van der Waals surface area contributed by atoms with Crippen LogP contribution in [-0.2, 0) is 4.79 Å². The molecule has 0 aliphatic heterocycles. The predicted octanol–water partition coefficient (Wildman–Crippen LogP) is 4.27. The zero-order valence-electron chi connectivity index (χ0n) is 10.5. The molecule has 0 bridgehead atoms. The number of hydrogen-bond donors (Lipinski definition) is 0. The van der Waals surface area contributed by atoms with Crippen LogP contribution in [-0.4, -0.2) is 5.97 Å². The fourth-order valence-corrected chi connectivity index (χ4v) is 1.70. The van der Waals surface area contributed by atoms with Crippen LogP contribution < -0.4 is 4.74 Å². The minimum Gasteiger partial charge on any atom is -0.423 e. The van der Waals surface area contributed by atoms with E-state index < -0.39 is 5.97 Å². The van der Waals surface area contributed by atoms with Crippen LogP contribution in [0.1, 0.15) is 11.1 Å². The molecule has 0 spiro atoms. The fourth-order valence-electron chi connectivity index (χ4n) is 1.52. The first kappa shape index (κ1) is 13.4. The molecule has 0 aliphatic carbocycles. The number of halogens is 1. The van der Waals surface area contributed by atoms with Gasteiger partial charge in [0, 0.05) is 11.1 Å². The quantitative estimate of drug-likeness (QED) is 0.474. The van der Waals surface area contributed by atoms with Gasteiger partial charge in [-0.3, -0.25) is 0 Å². The molecule has 2 rings (SSSR count). The highest BCUT2D eigenvalue weighted by Crippen LogP contribution is 2.17. The Labute approximate surface area is 117 Å². The molecule has 3 heteroatoms. The summed E-state index contributed by atoms with van der Waals surface area (Å²) >= 11 is 5.81. The van der Waals surface area contributed by atoms with E-state index in [2.05, 4.69) is 0 Å². The Morgan fingerprint density at radius 2 is 1.89 bits per heavy atom. The lowest BCUT2D eigenvalue weighted by atomic mass is 10.1. The highest BCUT2D eigenvalue weighted by molar-refractivity contribution is 6.30. The lowest BCUT2D eigenvalue weighted by Crippen LogP contribution is -2.03. The van der Waals surface area contributed by atoms with Crippen molar-refractivity contribution in [1.82, 2.24) is 0 Å². The van der Waals surface area contributed by atoms with E-state index in [0.717, 1.165) is 5.56 Å². The van der Waals surface area contributed by atoms with E-state index in [1.807, 2.05) is 31.2 Å². The average Bonchev–Trinajstić information content (AvgIpc) is 2.38. The molecule has 0 N–H and O–H groups in total. The van der Waals surface area contributed by atoms with E-state index in [9.17, 15) is 4.79 Å². The van der Waals surface area contributed by atoms with Crippen molar-refractivity contribution < 1.29 is 9.53 Å². The molecule has 0 fully saturated rings. The van der Waals surface area contributed by atoms with Crippen molar-refractivity contribution in [2.24, 2.45) is 0 Å². The summed E-state index contributed by atoms with van der Waals surface area (Å²) in [5, 5.41) is 0.535. The number of carbonyl (C=O) groups is 1. The van der Waals surface area contributed by atoms with Crippen LogP contribution in [0.2, 0.25) is 5.02 Å². The molecule has 0 saturated carbocycles. The van der Waals surface area contributed by atoms with Crippen molar-refractivity contribution in [3.05, 3.63) is 70.8 Å². The standard InChI is InChI=1S/C16H13ClO2/c1-12-5-7-13(8-6-12)9-10-16(18)19-15-4-2-3-14(17)11-15/h2-11H,1H3/b10-9+. The van der Waals surface area contributed by atoms with E-state index in [-0.39, 0.29) is 0 Å². The van der Waals surface area contributed by atoms with Crippen LogP contribution in [0.3, 0.4) is 0 Å². The average molecular weight is 273 g/mol. The summed E-state index contributed by atoms with van der Waals surface area (Å²) in [6.07, 6.45) is 3.11. The van der Waals surface area contributed by atoms with Gasteiger partial charge in [0.05, 0.1) is 0 Å². The van der Waals surface area contributed by atoms with Crippen molar-refractivity contribution in [1.29, 1.82) is 0 Å². The van der Waals surface area contributed by atoms with Crippen LogP contribution in [0.5, 0.6) is 5.75 Å². The largest absolute Gasteiger partial charge is 0.423 e. The first-order valence-corrected chi connectivity index (χ1v) is 6.23. The van der Waals surface area contributed by atoms with Gasteiger partial charge in [-0.15, -0.1) is 0 Å². The summed E-state index contributed by atoms with van der Waals surface area (Å²) in [7, 11) is 0. The number of benzene rings is 2. The summed E-state index contributed by atoms with van der Waals surface area (Å²) in [5.74, 6) is 0.00824. The zero-order valence-corrected chi connectivity index (χ0v) is 11.2. The normalized spacial score (nSPS) is 10.6. The molecule has 96 valence electrons. The second kappa shape index (κ2) is 6.21. The van der Waals surface area contributed by atoms with E-state index in [0.29, 0.717) is 10.8 Å². The molecule has 0 aromatic heterocycles. The number of carbonyl (C=O) groups excluding carboxylic acids is 1. The summed E-state index contributed by atoms with van der Waals surface area (Å²) in [6.45, 7) is 2.01. The third-order valence-corrected chi connectivity index (χ3v) is 2.74. The van der Waals surface area contributed by atoms with Crippen LogP contribution in [0.4, 0.5) is 0 Å². The fraction of sp³-hybridized carbons (Fsp3) is 0.0625. The van der Waals surface area contributed by atoms with Crippen molar-refractivity contribution >= 4 is 23.6 Å². The van der Waals surface area contributed by atoms with Crippen LogP contribution in [0.15, 0.2) is 54.6 Å². The Balaban J connectivity index is 1.99. The maximum atomic E-state index is 11.6. The van der Waals surface area contributed by atoms with Crippen LogP contribution in [0.25, 0.3) is 6.08 Å². The molecule has 2 nitrogen and oxygen atoms in total. The molecule has 0 saturated heterocycles. The van der Waals surface area contributed by atoms with Gasteiger partial charge < -0.3 is 4.74 Å². The van der Waals surface area contributed by atoms with E-state index in [1.54, 1.807) is 30.3 Å². The number of ether oxygens (including phenoxy) is 1. The van der Waals surface area contributed by atoms with Gasteiger partial charge in [-0.05, 0) is 36.8 Å². The van der Waals surface area contributed by atoms with E-state index >= 15 is 0 Å². The monoisotopic (exact) mass is 272 g/mol. The molecule has 0 atom stereocenters. The minimum absolute atomic E-state index is 0.428. The van der Waals surface area contributed by atoms with Crippen molar-refractivity contribution in [2.45, 2.75) is 6.92 Å². The number of rotatable bonds is 3. The van der Waals surface area contributed by atoms with Crippen LogP contribution >= 0.6 is 11.6 Å². The molecule has 19 heavy (non-hydrogen) atoms. The molecule has 2 aromatic rings. The van der Waals surface area contributed by atoms with E-state index in [4.69, 9.17) is 16.3 Å². The minimum atomic E-state index is -0.428. The smallest absolute Gasteiger partial charge is 0.336 e. The zero-order chi connectivity index (χ0) is 13.7. The Kier molecular flexibility index (Phi) is 4.37. The molecule has 2 aromatic carbocycles. The number of aryl methyl sites for hydroxylation is 1. The maximum absolute atomic E-state index is 11.6. The molecule has 0 radical (unpaired) electrons. The first-order chi connectivity index (χ1) is 9.13. The maximum Gasteiger partial charge on any atom is 0.336 e. The van der Waals surface area contributed by atoms with Crippen molar-refractivity contribution in [2.75, 3.05) is 0 Å². The summed E-state index contributed by atoms with van der Waals surface area (Å²) < 4.78 is 5.13.